The smallest absolute Gasteiger partial charge is 0.128 e. The molecule has 0 radical (unpaired) electrons. The van der Waals surface area contributed by atoms with E-state index in [1.165, 1.54) is 18.2 Å². The average molecular weight is 184 g/mol. The molecule has 5 N–H and O–H groups in total. The van der Waals surface area contributed by atoms with Crippen LogP contribution in [0.2, 0.25) is 0 Å². The van der Waals surface area contributed by atoms with E-state index in [2.05, 4.69) is 0 Å². The van der Waals surface area contributed by atoms with Crippen LogP contribution in [0.25, 0.3) is 0 Å². The highest BCUT2D eigenvalue weighted by Crippen LogP contribution is 2.16. The lowest BCUT2D eigenvalue weighted by Gasteiger charge is -2.11. The standard InChI is InChI=1S/C9H13FN2O/c10-8-2-1-6(5-13)3-7(8)9(12)4-11/h1-3,9,13H,4-5,11-12H2/t9-/m0/s1. The van der Waals surface area contributed by atoms with E-state index in [4.69, 9.17) is 16.6 Å². The molecular weight excluding hydrogens is 171 g/mol. The largest absolute Gasteiger partial charge is 0.392 e. The van der Waals surface area contributed by atoms with Gasteiger partial charge in [-0.05, 0) is 17.7 Å². The second-order valence-corrected chi connectivity index (χ2v) is 2.86. The van der Waals surface area contributed by atoms with Crippen molar-refractivity contribution < 1.29 is 9.50 Å². The Morgan fingerprint density at radius 1 is 1.46 bits per heavy atom. The molecule has 0 aliphatic heterocycles. The van der Waals surface area contributed by atoms with Crippen molar-refractivity contribution in [1.29, 1.82) is 0 Å². The Labute approximate surface area is 76.2 Å². The van der Waals surface area contributed by atoms with Crippen molar-refractivity contribution in [2.45, 2.75) is 12.6 Å². The quantitative estimate of drug-likeness (QED) is 0.631. The van der Waals surface area contributed by atoms with Crippen LogP contribution in [-0.4, -0.2) is 11.7 Å². The van der Waals surface area contributed by atoms with Gasteiger partial charge in [0, 0.05) is 18.2 Å². The predicted molar refractivity (Wildman–Crippen MR) is 48.3 cm³/mol. The predicted octanol–water partition coefficient (Wildman–Crippen LogP) is 0.276. The van der Waals surface area contributed by atoms with Crippen LogP contribution in [0.3, 0.4) is 0 Å². The molecule has 1 rings (SSSR count). The molecule has 0 aliphatic carbocycles. The number of aliphatic hydroxyl groups is 1. The van der Waals surface area contributed by atoms with E-state index in [0.29, 0.717) is 11.1 Å². The fourth-order valence-electron chi connectivity index (χ4n) is 1.10. The van der Waals surface area contributed by atoms with Crippen LogP contribution >= 0.6 is 0 Å². The maximum atomic E-state index is 13.1. The molecule has 3 nitrogen and oxygen atoms in total. The van der Waals surface area contributed by atoms with Crippen molar-refractivity contribution in [2.75, 3.05) is 6.54 Å². The number of hydrogen-bond donors (Lipinski definition) is 3. The summed E-state index contributed by atoms with van der Waals surface area (Å²) >= 11 is 0. The van der Waals surface area contributed by atoms with Crippen LogP contribution in [-0.2, 0) is 6.61 Å². The first-order chi connectivity index (χ1) is 6.19. The Morgan fingerprint density at radius 2 is 2.15 bits per heavy atom. The van der Waals surface area contributed by atoms with Crippen LogP contribution in [0, 0.1) is 5.82 Å². The summed E-state index contributed by atoms with van der Waals surface area (Å²) in [5.41, 5.74) is 11.9. The molecule has 1 atom stereocenters. The summed E-state index contributed by atoms with van der Waals surface area (Å²) in [7, 11) is 0. The fraction of sp³-hybridized carbons (Fsp3) is 0.333. The van der Waals surface area contributed by atoms with Crippen molar-refractivity contribution in [1.82, 2.24) is 0 Å². The maximum absolute atomic E-state index is 13.1. The molecule has 0 aliphatic rings. The highest BCUT2D eigenvalue weighted by molar-refractivity contribution is 5.27. The van der Waals surface area contributed by atoms with Gasteiger partial charge < -0.3 is 16.6 Å². The highest BCUT2D eigenvalue weighted by atomic mass is 19.1. The van der Waals surface area contributed by atoms with Crippen molar-refractivity contribution in [3.05, 3.63) is 35.1 Å². The first kappa shape index (κ1) is 10.1. The summed E-state index contributed by atoms with van der Waals surface area (Å²) in [5.74, 6) is -0.379. The van der Waals surface area contributed by atoms with Crippen molar-refractivity contribution in [3.63, 3.8) is 0 Å². The zero-order valence-electron chi connectivity index (χ0n) is 7.20. The number of benzene rings is 1. The minimum absolute atomic E-state index is 0.120. The van der Waals surface area contributed by atoms with Gasteiger partial charge in [-0.2, -0.15) is 0 Å². The van der Waals surface area contributed by atoms with E-state index < -0.39 is 6.04 Å². The molecule has 0 unspecified atom stereocenters. The second-order valence-electron chi connectivity index (χ2n) is 2.86. The summed E-state index contributed by atoms with van der Waals surface area (Å²) in [6, 6.07) is 3.83. The molecule has 72 valence electrons. The second kappa shape index (κ2) is 4.32. The molecule has 1 aromatic rings. The Hall–Kier alpha value is -0.970. The first-order valence-corrected chi connectivity index (χ1v) is 4.04. The molecule has 13 heavy (non-hydrogen) atoms. The Morgan fingerprint density at radius 3 is 2.69 bits per heavy atom. The molecule has 0 spiro atoms. The normalized spacial score (nSPS) is 12.9. The van der Waals surface area contributed by atoms with Gasteiger partial charge in [0.25, 0.3) is 0 Å². The average Bonchev–Trinajstić information content (AvgIpc) is 2.17. The first-order valence-electron chi connectivity index (χ1n) is 4.04. The molecule has 0 bridgehead atoms. The lowest BCUT2D eigenvalue weighted by Crippen LogP contribution is -2.22. The molecule has 0 heterocycles. The van der Waals surface area contributed by atoms with Gasteiger partial charge in [-0.1, -0.05) is 6.07 Å². The molecule has 0 fully saturated rings. The van der Waals surface area contributed by atoms with Gasteiger partial charge in [-0.15, -0.1) is 0 Å². The van der Waals surface area contributed by atoms with Gasteiger partial charge in [0.1, 0.15) is 5.82 Å². The minimum atomic E-state index is -0.508. The molecule has 1 aromatic carbocycles. The van der Waals surface area contributed by atoms with Crippen LogP contribution < -0.4 is 11.5 Å². The third kappa shape index (κ3) is 2.24. The monoisotopic (exact) mass is 184 g/mol. The molecule has 0 aromatic heterocycles. The van der Waals surface area contributed by atoms with Gasteiger partial charge in [0.2, 0.25) is 0 Å². The summed E-state index contributed by atoms with van der Waals surface area (Å²) in [4.78, 5) is 0. The lowest BCUT2D eigenvalue weighted by molar-refractivity contribution is 0.281. The number of nitrogens with two attached hydrogens (primary N) is 2. The molecule has 0 saturated carbocycles. The zero-order valence-corrected chi connectivity index (χ0v) is 7.20. The van der Waals surface area contributed by atoms with Crippen LogP contribution in [0.5, 0.6) is 0 Å². The molecule has 0 amide bonds. The number of hydrogen-bond acceptors (Lipinski definition) is 3. The summed E-state index contributed by atoms with van der Waals surface area (Å²) in [6.07, 6.45) is 0. The fourth-order valence-corrected chi connectivity index (χ4v) is 1.10. The Balaban J connectivity index is 3.03. The minimum Gasteiger partial charge on any atom is -0.392 e. The van der Waals surface area contributed by atoms with E-state index >= 15 is 0 Å². The molecular formula is C9H13FN2O. The topological polar surface area (TPSA) is 72.3 Å². The lowest BCUT2D eigenvalue weighted by atomic mass is 10.0. The third-order valence-electron chi connectivity index (χ3n) is 1.90. The van der Waals surface area contributed by atoms with Gasteiger partial charge >= 0.3 is 0 Å². The van der Waals surface area contributed by atoms with Crippen molar-refractivity contribution in [2.24, 2.45) is 11.5 Å². The van der Waals surface area contributed by atoms with Gasteiger partial charge in [-0.3, -0.25) is 0 Å². The summed E-state index contributed by atoms with van der Waals surface area (Å²) in [6.45, 7) is 0.0658. The zero-order chi connectivity index (χ0) is 9.84. The number of aliphatic hydroxyl groups excluding tert-OH is 1. The Bertz CT molecular complexity index is 291. The maximum Gasteiger partial charge on any atom is 0.128 e. The Kier molecular flexibility index (Phi) is 3.36. The van der Waals surface area contributed by atoms with E-state index in [1.54, 1.807) is 0 Å². The van der Waals surface area contributed by atoms with Crippen molar-refractivity contribution >= 4 is 0 Å². The summed E-state index contributed by atoms with van der Waals surface area (Å²) < 4.78 is 13.1. The third-order valence-corrected chi connectivity index (χ3v) is 1.90. The van der Waals surface area contributed by atoms with Gasteiger partial charge in [0.15, 0.2) is 0 Å². The van der Waals surface area contributed by atoms with E-state index in [0.717, 1.165) is 0 Å². The van der Waals surface area contributed by atoms with Gasteiger partial charge in [-0.25, -0.2) is 4.39 Å². The van der Waals surface area contributed by atoms with Crippen LogP contribution in [0.1, 0.15) is 17.2 Å². The SMILES string of the molecule is NC[C@H](N)c1cc(CO)ccc1F. The van der Waals surface area contributed by atoms with Crippen LogP contribution in [0.4, 0.5) is 4.39 Å². The molecule has 4 heteroatoms. The van der Waals surface area contributed by atoms with Crippen molar-refractivity contribution in [3.8, 4) is 0 Å². The van der Waals surface area contributed by atoms with E-state index in [-0.39, 0.29) is 19.0 Å². The highest BCUT2D eigenvalue weighted by Gasteiger charge is 2.09. The molecule has 0 saturated heterocycles. The van der Waals surface area contributed by atoms with E-state index in [1.807, 2.05) is 0 Å². The number of rotatable bonds is 3. The van der Waals surface area contributed by atoms with Crippen LogP contribution in [0.15, 0.2) is 18.2 Å². The van der Waals surface area contributed by atoms with Gasteiger partial charge in [0.05, 0.1) is 6.61 Å². The summed E-state index contributed by atoms with van der Waals surface area (Å²) in [5, 5.41) is 8.81. The van der Waals surface area contributed by atoms with E-state index in [9.17, 15) is 4.39 Å². The number of halogens is 1.